The van der Waals surface area contributed by atoms with Gasteiger partial charge in [-0.1, -0.05) is 5.16 Å². The Morgan fingerprint density at radius 2 is 1.89 bits per heavy atom. The van der Waals surface area contributed by atoms with Gasteiger partial charge in [-0.25, -0.2) is 4.79 Å². The number of benzene rings is 1. The monoisotopic (exact) mass is 252 g/mol. The van der Waals surface area contributed by atoms with Gasteiger partial charge in [0.05, 0.1) is 19.9 Å². The summed E-state index contributed by atoms with van der Waals surface area (Å²) in [5.41, 5.74) is 1.33. The van der Waals surface area contributed by atoms with Crippen molar-refractivity contribution in [3.63, 3.8) is 0 Å². The number of nitrogens with one attached hydrogen (secondary N) is 1. The number of hydrogen-bond acceptors (Lipinski definition) is 5. The summed E-state index contributed by atoms with van der Waals surface area (Å²) in [6.07, 6.45) is -0.616. The van der Waals surface area contributed by atoms with Gasteiger partial charge in [0.15, 0.2) is 11.5 Å². The SMILES string of the molecule is CNC(=O)O/N=C(\C)c1ccc(OC)c(OC)c1. The largest absolute Gasteiger partial charge is 0.493 e. The Hall–Kier alpha value is -2.24. The predicted molar refractivity (Wildman–Crippen MR) is 67.3 cm³/mol. The predicted octanol–water partition coefficient (Wildman–Crippen LogP) is 1.78. The highest BCUT2D eigenvalue weighted by Crippen LogP contribution is 2.27. The molecule has 98 valence electrons. The van der Waals surface area contributed by atoms with Crippen molar-refractivity contribution in [3.05, 3.63) is 23.8 Å². The summed E-state index contributed by atoms with van der Waals surface area (Å²) in [4.78, 5) is 15.5. The maximum Gasteiger partial charge on any atom is 0.433 e. The molecule has 0 aliphatic rings. The molecule has 0 saturated carbocycles. The van der Waals surface area contributed by atoms with Crippen LogP contribution in [0.4, 0.5) is 4.79 Å². The summed E-state index contributed by atoms with van der Waals surface area (Å²) in [5.74, 6) is 1.21. The second-order valence-electron chi connectivity index (χ2n) is 3.38. The minimum atomic E-state index is -0.616. The van der Waals surface area contributed by atoms with Crippen LogP contribution in [0, 0.1) is 0 Å². The Kier molecular flexibility index (Phi) is 4.98. The molecule has 0 spiro atoms. The number of oxime groups is 1. The molecule has 1 aromatic carbocycles. The summed E-state index contributed by atoms with van der Waals surface area (Å²) in [5, 5.41) is 6.00. The quantitative estimate of drug-likeness (QED) is 0.504. The van der Waals surface area contributed by atoms with Crippen LogP contribution >= 0.6 is 0 Å². The fourth-order valence-electron chi connectivity index (χ4n) is 1.27. The van der Waals surface area contributed by atoms with Crippen LogP contribution in [0.1, 0.15) is 12.5 Å². The number of methoxy groups -OCH3 is 2. The topological polar surface area (TPSA) is 69.2 Å². The Labute approximate surface area is 106 Å². The van der Waals surface area contributed by atoms with E-state index in [1.165, 1.54) is 7.05 Å². The van der Waals surface area contributed by atoms with Crippen molar-refractivity contribution in [1.82, 2.24) is 5.32 Å². The van der Waals surface area contributed by atoms with Crippen LogP contribution in [-0.2, 0) is 4.84 Å². The van der Waals surface area contributed by atoms with Crippen LogP contribution in [0.15, 0.2) is 23.4 Å². The molecule has 0 fully saturated rings. The number of ether oxygens (including phenoxy) is 2. The first kappa shape index (κ1) is 13.8. The maximum atomic E-state index is 10.9. The molecule has 6 nitrogen and oxygen atoms in total. The smallest absolute Gasteiger partial charge is 0.433 e. The maximum absolute atomic E-state index is 10.9. The molecule has 1 aromatic rings. The highest BCUT2D eigenvalue weighted by Gasteiger charge is 2.07. The first-order valence-electron chi connectivity index (χ1n) is 5.28. The van der Waals surface area contributed by atoms with Gasteiger partial charge < -0.3 is 14.8 Å². The molecule has 0 heterocycles. The number of rotatable bonds is 4. The van der Waals surface area contributed by atoms with Crippen molar-refractivity contribution in [1.29, 1.82) is 0 Å². The van der Waals surface area contributed by atoms with E-state index in [2.05, 4.69) is 15.3 Å². The molecule has 0 atom stereocenters. The average Bonchev–Trinajstić information content (AvgIpc) is 2.43. The van der Waals surface area contributed by atoms with Gasteiger partial charge in [0, 0.05) is 12.6 Å². The van der Waals surface area contributed by atoms with Gasteiger partial charge in [0.1, 0.15) is 0 Å². The minimum Gasteiger partial charge on any atom is -0.493 e. The Morgan fingerprint density at radius 1 is 1.22 bits per heavy atom. The van der Waals surface area contributed by atoms with Crippen molar-refractivity contribution in [2.45, 2.75) is 6.92 Å². The molecule has 0 aromatic heterocycles. The van der Waals surface area contributed by atoms with Gasteiger partial charge in [-0.2, -0.15) is 0 Å². The lowest BCUT2D eigenvalue weighted by atomic mass is 10.1. The van der Waals surface area contributed by atoms with Gasteiger partial charge in [-0.05, 0) is 25.1 Å². The summed E-state index contributed by atoms with van der Waals surface area (Å²) in [6, 6.07) is 5.31. The molecular weight excluding hydrogens is 236 g/mol. The molecule has 1 N–H and O–H groups in total. The number of hydrogen-bond donors (Lipinski definition) is 1. The Bertz CT molecular complexity index is 457. The van der Waals surface area contributed by atoms with Gasteiger partial charge in [0.2, 0.25) is 0 Å². The van der Waals surface area contributed by atoms with Crippen LogP contribution in [0.2, 0.25) is 0 Å². The van der Waals surface area contributed by atoms with E-state index in [4.69, 9.17) is 9.47 Å². The van der Waals surface area contributed by atoms with Crippen LogP contribution in [0.5, 0.6) is 11.5 Å². The summed E-state index contributed by atoms with van der Waals surface area (Å²) in [6.45, 7) is 1.73. The van der Waals surface area contributed by atoms with Gasteiger partial charge in [-0.3, -0.25) is 4.84 Å². The molecule has 1 rings (SSSR count). The molecule has 0 aliphatic heterocycles. The molecule has 0 bridgehead atoms. The Morgan fingerprint density at radius 3 is 2.44 bits per heavy atom. The fraction of sp³-hybridized carbons (Fsp3) is 0.333. The fourth-order valence-corrected chi connectivity index (χ4v) is 1.27. The number of nitrogens with zero attached hydrogens (tertiary/aromatic N) is 1. The second kappa shape index (κ2) is 6.48. The lowest BCUT2D eigenvalue weighted by Gasteiger charge is -2.09. The van der Waals surface area contributed by atoms with E-state index in [1.807, 2.05) is 0 Å². The van der Waals surface area contributed by atoms with E-state index >= 15 is 0 Å². The van der Waals surface area contributed by atoms with Gasteiger partial charge in [-0.15, -0.1) is 0 Å². The van der Waals surface area contributed by atoms with Crippen LogP contribution < -0.4 is 14.8 Å². The molecule has 1 amide bonds. The lowest BCUT2D eigenvalue weighted by Crippen LogP contribution is -2.17. The van der Waals surface area contributed by atoms with Crippen molar-refractivity contribution in [2.24, 2.45) is 5.16 Å². The zero-order valence-electron chi connectivity index (χ0n) is 10.8. The zero-order valence-corrected chi connectivity index (χ0v) is 10.8. The normalized spacial score (nSPS) is 10.8. The molecule has 18 heavy (non-hydrogen) atoms. The van der Waals surface area contributed by atoms with Crippen LogP contribution in [0.25, 0.3) is 0 Å². The molecule has 0 saturated heterocycles. The average molecular weight is 252 g/mol. The van der Waals surface area contributed by atoms with Gasteiger partial charge >= 0.3 is 6.09 Å². The van der Waals surface area contributed by atoms with Crippen molar-refractivity contribution in [3.8, 4) is 11.5 Å². The van der Waals surface area contributed by atoms with Gasteiger partial charge in [0.25, 0.3) is 0 Å². The lowest BCUT2D eigenvalue weighted by molar-refractivity contribution is 0.153. The third-order valence-corrected chi connectivity index (χ3v) is 2.27. The molecular formula is C12H16N2O4. The van der Waals surface area contributed by atoms with E-state index in [0.29, 0.717) is 17.2 Å². The molecule has 0 radical (unpaired) electrons. The van der Waals surface area contributed by atoms with Crippen molar-refractivity contribution < 1.29 is 19.1 Å². The first-order valence-corrected chi connectivity index (χ1v) is 5.28. The van der Waals surface area contributed by atoms with Crippen molar-refractivity contribution in [2.75, 3.05) is 21.3 Å². The summed E-state index contributed by atoms with van der Waals surface area (Å²) >= 11 is 0. The van der Waals surface area contributed by atoms with E-state index in [9.17, 15) is 4.79 Å². The Balaban J connectivity index is 2.92. The van der Waals surface area contributed by atoms with Crippen LogP contribution in [0.3, 0.4) is 0 Å². The zero-order chi connectivity index (χ0) is 13.5. The van der Waals surface area contributed by atoms with Crippen LogP contribution in [-0.4, -0.2) is 33.1 Å². The molecule has 6 heteroatoms. The van der Waals surface area contributed by atoms with E-state index in [-0.39, 0.29) is 0 Å². The number of amides is 1. The highest BCUT2D eigenvalue weighted by atomic mass is 16.7. The molecule has 0 aliphatic carbocycles. The van der Waals surface area contributed by atoms with E-state index < -0.39 is 6.09 Å². The first-order chi connectivity index (χ1) is 8.62. The second-order valence-corrected chi connectivity index (χ2v) is 3.38. The van der Waals surface area contributed by atoms with E-state index in [1.54, 1.807) is 39.3 Å². The third-order valence-electron chi connectivity index (χ3n) is 2.27. The summed E-state index contributed by atoms with van der Waals surface area (Å²) in [7, 11) is 4.58. The minimum absolute atomic E-state index is 0.555. The molecule has 0 unspecified atom stereocenters. The van der Waals surface area contributed by atoms with E-state index in [0.717, 1.165) is 5.56 Å². The number of carbonyl (C=O) groups is 1. The number of carbonyl (C=O) groups excluding carboxylic acids is 1. The highest BCUT2D eigenvalue weighted by molar-refractivity contribution is 5.99. The standard InChI is InChI=1S/C12H16N2O4/c1-8(14-18-12(15)13-2)9-5-6-10(16-3)11(7-9)17-4/h5-7H,1-4H3,(H,13,15)/b14-8+. The third kappa shape index (κ3) is 3.38. The summed E-state index contributed by atoms with van der Waals surface area (Å²) < 4.78 is 10.3. The van der Waals surface area contributed by atoms with Crippen molar-refractivity contribution >= 4 is 11.8 Å².